The lowest BCUT2D eigenvalue weighted by Gasteiger charge is -2.14. The third kappa shape index (κ3) is 4.21. The first-order valence-electron chi connectivity index (χ1n) is 6.83. The van der Waals surface area contributed by atoms with E-state index in [1.54, 1.807) is 32.2 Å². The molecule has 0 heterocycles. The average Bonchev–Trinajstić information content (AvgIpc) is 2.53. The highest BCUT2D eigenvalue weighted by Gasteiger charge is 2.10. The molecule has 2 N–H and O–H groups in total. The molecule has 2 atom stereocenters. The quantitative estimate of drug-likeness (QED) is 0.858. The van der Waals surface area contributed by atoms with E-state index in [1.807, 2.05) is 30.3 Å². The zero-order valence-electron chi connectivity index (χ0n) is 12.2. The van der Waals surface area contributed by atoms with E-state index in [2.05, 4.69) is 0 Å². The normalized spacial score (nSPS) is 13.5. The molecule has 0 amide bonds. The summed E-state index contributed by atoms with van der Waals surface area (Å²) in [6.45, 7) is 1.83. The lowest BCUT2D eigenvalue weighted by atomic mass is 10.1. The van der Waals surface area contributed by atoms with Gasteiger partial charge in [-0.15, -0.1) is 0 Å². The third-order valence-electron chi connectivity index (χ3n) is 3.23. The van der Waals surface area contributed by atoms with Crippen molar-refractivity contribution in [3.05, 3.63) is 59.7 Å². The molecule has 1 unspecified atom stereocenters. The molecular formula is C17H20O4. The van der Waals surface area contributed by atoms with Crippen molar-refractivity contribution in [3.63, 3.8) is 0 Å². The standard InChI is InChI=1S/C17H20O4/c1-12(18)13-5-3-8-16(9-13)21-11-17(19)14-6-4-7-15(10-14)20-2/h3-10,12,17-19H,11H2,1-2H3/t12-,17?/m1/s1. The van der Waals surface area contributed by atoms with Crippen LogP contribution in [0.25, 0.3) is 0 Å². The van der Waals surface area contributed by atoms with Crippen LogP contribution in [-0.2, 0) is 0 Å². The van der Waals surface area contributed by atoms with Gasteiger partial charge in [0.05, 0.1) is 13.2 Å². The highest BCUT2D eigenvalue weighted by atomic mass is 16.5. The largest absolute Gasteiger partial charge is 0.497 e. The molecule has 0 aliphatic rings. The molecule has 0 fully saturated rings. The van der Waals surface area contributed by atoms with E-state index in [4.69, 9.17) is 9.47 Å². The first-order valence-corrected chi connectivity index (χ1v) is 6.83. The Labute approximate surface area is 124 Å². The first kappa shape index (κ1) is 15.4. The lowest BCUT2D eigenvalue weighted by molar-refractivity contribution is 0.107. The summed E-state index contributed by atoms with van der Waals surface area (Å²) < 4.78 is 10.7. The molecule has 0 saturated carbocycles. The van der Waals surface area contributed by atoms with E-state index in [9.17, 15) is 10.2 Å². The van der Waals surface area contributed by atoms with Crippen molar-refractivity contribution >= 4 is 0 Å². The maximum atomic E-state index is 10.2. The van der Waals surface area contributed by atoms with E-state index in [0.29, 0.717) is 11.5 Å². The Morgan fingerprint density at radius 2 is 1.57 bits per heavy atom. The van der Waals surface area contributed by atoms with Crippen LogP contribution >= 0.6 is 0 Å². The number of benzene rings is 2. The van der Waals surface area contributed by atoms with Crippen molar-refractivity contribution in [3.8, 4) is 11.5 Å². The summed E-state index contributed by atoms with van der Waals surface area (Å²) >= 11 is 0. The fraction of sp³-hybridized carbons (Fsp3) is 0.294. The van der Waals surface area contributed by atoms with Gasteiger partial charge in [-0.1, -0.05) is 24.3 Å². The zero-order chi connectivity index (χ0) is 15.2. The van der Waals surface area contributed by atoms with Gasteiger partial charge >= 0.3 is 0 Å². The summed E-state index contributed by atoms with van der Waals surface area (Å²) in [7, 11) is 1.59. The molecule has 2 aromatic rings. The van der Waals surface area contributed by atoms with Gasteiger partial charge in [-0.25, -0.2) is 0 Å². The third-order valence-corrected chi connectivity index (χ3v) is 3.23. The molecule has 4 heteroatoms. The molecule has 0 saturated heterocycles. The van der Waals surface area contributed by atoms with Crippen molar-refractivity contribution in [2.24, 2.45) is 0 Å². The van der Waals surface area contributed by atoms with Crippen LogP contribution in [0.3, 0.4) is 0 Å². The summed E-state index contributed by atoms with van der Waals surface area (Å²) in [5, 5.41) is 19.7. The Morgan fingerprint density at radius 3 is 2.24 bits per heavy atom. The van der Waals surface area contributed by atoms with Gasteiger partial charge in [0, 0.05) is 0 Å². The van der Waals surface area contributed by atoms with Gasteiger partial charge in [0.15, 0.2) is 0 Å². The van der Waals surface area contributed by atoms with Crippen LogP contribution in [0.1, 0.15) is 30.3 Å². The van der Waals surface area contributed by atoms with Crippen LogP contribution in [-0.4, -0.2) is 23.9 Å². The number of rotatable bonds is 6. The molecule has 2 rings (SSSR count). The molecule has 112 valence electrons. The maximum absolute atomic E-state index is 10.2. The SMILES string of the molecule is COc1cccc(C(O)COc2cccc([C@@H](C)O)c2)c1. The van der Waals surface area contributed by atoms with Gasteiger partial charge in [-0.2, -0.15) is 0 Å². The highest BCUT2D eigenvalue weighted by molar-refractivity contribution is 5.31. The minimum atomic E-state index is -0.740. The molecular weight excluding hydrogens is 268 g/mol. The van der Waals surface area contributed by atoms with Crippen LogP contribution in [0.2, 0.25) is 0 Å². The van der Waals surface area contributed by atoms with Crippen molar-refractivity contribution in [1.82, 2.24) is 0 Å². The Kier molecular flexibility index (Phi) is 5.20. The average molecular weight is 288 g/mol. The molecule has 2 aromatic carbocycles. The lowest BCUT2D eigenvalue weighted by Crippen LogP contribution is -2.10. The van der Waals surface area contributed by atoms with E-state index >= 15 is 0 Å². The van der Waals surface area contributed by atoms with Crippen molar-refractivity contribution in [1.29, 1.82) is 0 Å². The van der Waals surface area contributed by atoms with Crippen molar-refractivity contribution in [2.45, 2.75) is 19.1 Å². The molecule has 0 spiro atoms. The minimum absolute atomic E-state index is 0.135. The number of ether oxygens (including phenoxy) is 2. The summed E-state index contributed by atoms with van der Waals surface area (Å²) in [5.74, 6) is 1.32. The molecule has 4 nitrogen and oxygen atoms in total. The number of methoxy groups -OCH3 is 1. The summed E-state index contributed by atoms with van der Waals surface area (Å²) in [6, 6.07) is 14.5. The summed E-state index contributed by atoms with van der Waals surface area (Å²) in [5.41, 5.74) is 1.52. The van der Waals surface area contributed by atoms with E-state index in [0.717, 1.165) is 11.1 Å². The van der Waals surface area contributed by atoms with Gasteiger partial charge < -0.3 is 19.7 Å². The topological polar surface area (TPSA) is 58.9 Å². The van der Waals surface area contributed by atoms with E-state index in [-0.39, 0.29) is 6.61 Å². The monoisotopic (exact) mass is 288 g/mol. The minimum Gasteiger partial charge on any atom is -0.497 e. The summed E-state index contributed by atoms with van der Waals surface area (Å²) in [6.07, 6.45) is -1.29. The highest BCUT2D eigenvalue weighted by Crippen LogP contribution is 2.22. The second-order valence-corrected chi connectivity index (χ2v) is 4.85. The van der Waals surface area contributed by atoms with Crippen LogP contribution in [0.5, 0.6) is 11.5 Å². The Morgan fingerprint density at radius 1 is 0.952 bits per heavy atom. The Bertz CT molecular complexity index is 581. The molecule has 0 aliphatic carbocycles. The number of aliphatic hydroxyl groups excluding tert-OH is 2. The predicted molar refractivity (Wildman–Crippen MR) is 80.5 cm³/mol. The molecule has 0 aromatic heterocycles. The van der Waals surface area contributed by atoms with Crippen LogP contribution in [0.15, 0.2) is 48.5 Å². The number of hydrogen-bond donors (Lipinski definition) is 2. The Balaban J connectivity index is 2.00. The predicted octanol–water partition coefficient (Wildman–Crippen LogP) is 2.86. The van der Waals surface area contributed by atoms with Gasteiger partial charge in [0.25, 0.3) is 0 Å². The maximum Gasteiger partial charge on any atom is 0.119 e. The van der Waals surface area contributed by atoms with Gasteiger partial charge in [-0.05, 0) is 42.3 Å². The van der Waals surface area contributed by atoms with E-state index < -0.39 is 12.2 Å². The Hall–Kier alpha value is -2.04. The fourth-order valence-electron chi connectivity index (χ4n) is 1.98. The second kappa shape index (κ2) is 7.11. The molecule has 0 radical (unpaired) electrons. The van der Waals surface area contributed by atoms with E-state index in [1.165, 1.54) is 0 Å². The van der Waals surface area contributed by atoms with Crippen molar-refractivity contribution < 1.29 is 19.7 Å². The zero-order valence-corrected chi connectivity index (χ0v) is 12.2. The molecule has 0 bridgehead atoms. The molecule has 21 heavy (non-hydrogen) atoms. The van der Waals surface area contributed by atoms with Gasteiger partial charge in [0.2, 0.25) is 0 Å². The van der Waals surface area contributed by atoms with Gasteiger partial charge in [-0.3, -0.25) is 0 Å². The number of hydrogen-bond acceptors (Lipinski definition) is 4. The van der Waals surface area contributed by atoms with Crippen LogP contribution in [0.4, 0.5) is 0 Å². The fourth-order valence-corrected chi connectivity index (χ4v) is 1.98. The van der Waals surface area contributed by atoms with Crippen LogP contribution in [0, 0.1) is 0 Å². The van der Waals surface area contributed by atoms with Crippen molar-refractivity contribution in [2.75, 3.05) is 13.7 Å². The van der Waals surface area contributed by atoms with Crippen LogP contribution < -0.4 is 9.47 Å². The number of aliphatic hydroxyl groups is 2. The first-order chi connectivity index (χ1) is 10.1. The van der Waals surface area contributed by atoms with Gasteiger partial charge in [0.1, 0.15) is 24.2 Å². The second-order valence-electron chi connectivity index (χ2n) is 4.85. The smallest absolute Gasteiger partial charge is 0.119 e. The summed E-state index contributed by atoms with van der Waals surface area (Å²) in [4.78, 5) is 0. The molecule has 0 aliphatic heterocycles.